The Bertz CT molecular complexity index is 576. The van der Waals surface area contributed by atoms with Crippen LogP contribution in [0, 0.1) is 17.8 Å². The molecule has 6 heteroatoms. The van der Waals surface area contributed by atoms with E-state index < -0.39 is 0 Å². The molecule has 5 nitrogen and oxygen atoms in total. The Morgan fingerprint density at radius 3 is 2.00 bits per heavy atom. The van der Waals surface area contributed by atoms with Gasteiger partial charge in [0.05, 0.1) is 0 Å². The molecular weight excluding hydrogens is 326 g/mol. The van der Waals surface area contributed by atoms with Gasteiger partial charge >= 0.3 is 0 Å². The molecule has 0 aliphatic heterocycles. The van der Waals surface area contributed by atoms with Gasteiger partial charge in [0, 0.05) is 30.3 Å². The highest BCUT2D eigenvalue weighted by atomic mass is 35.5. The molecule has 0 heterocycles. The Kier molecular flexibility index (Phi) is 6.24. The van der Waals surface area contributed by atoms with E-state index in [2.05, 4.69) is 10.6 Å². The molecule has 132 valence electrons. The quantitative estimate of drug-likeness (QED) is 0.782. The summed E-state index contributed by atoms with van der Waals surface area (Å²) in [6.07, 6.45) is 5.39. The smallest absolute Gasteiger partial charge is 0.227 e. The van der Waals surface area contributed by atoms with E-state index in [0.717, 1.165) is 37.1 Å². The fourth-order valence-electron chi connectivity index (χ4n) is 4.09. The van der Waals surface area contributed by atoms with Gasteiger partial charge in [-0.1, -0.05) is 6.42 Å². The zero-order chi connectivity index (χ0) is 16.4. The fourth-order valence-corrected chi connectivity index (χ4v) is 4.09. The molecule has 1 aromatic rings. The summed E-state index contributed by atoms with van der Waals surface area (Å²) in [5.41, 5.74) is 7.79. The first-order chi connectivity index (χ1) is 11.0. The molecular formula is C18H26ClN3O2. The van der Waals surface area contributed by atoms with Gasteiger partial charge in [-0.25, -0.2) is 0 Å². The van der Waals surface area contributed by atoms with Crippen LogP contribution in [0.25, 0.3) is 0 Å². The topological polar surface area (TPSA) is 84.2 Å². The summed E-state index contributed by atoms with van der Waals surface area (Å²) in [5, 5.41) is 5.72. The van der Waals surface area contributed by atoms with Crippen LogP contribution in [0.15, 0.2) is 24.3 Å². The average Bonchev–Trinajstić information content (AvgIpc) is 2.48. The second-order valence-corrected chi connectivity index (χ2v) is 6.94. The number of halogens is 1. The molecule has 2 amide bonds. The number of amides is 2. The largest absolute Gasteiger partial charge is 0.327 e. The van der Waals surface area contributed by atoms with Crippen LogP contribution in [-0.4, -0.2) is 17.9 Å². The highest BCUT2D eigenvalue weighted by Gasteiger charge is 2.40. The molecule has 0 spiro atoms. The van der Waals surface area contributed by atoms with Gasteiger partial charge in [-0.2, -0.15) is 0 Å². The van der Waals surface area contributed by atoms with Crippen molar-refractivity contribution in [2.45, 2.75) is 45.1 Å². The predicted molar refractivity (Wildman–Crippen MR) is 98.2 cm³/mol. The van der Waals surface area contributed by atoms with Crippen LogP contribution in [0.4, 0.5) is 11.4 Å². The third-order valence-corrected chi connectivity index (χ3v) is 5.26. The van der Waals surface area contributed by atoms with Gasteiger partial charge in [0.2, 0.25) is 11.8 Å². The molecule has 1 aromatic carbocycles. The van der Waals surface area contributed by atoms with E-state index in [4.69, 9.17) is 5.73 Å². The first-order valence-corrected chi connectivity index (χ1v) is 8.47. The Morgan fingerprint density at radius 2 is 1.50 bits per heavy atom. The maximum Gasteiger partial charge on any atom is 0.227 e. The molecule has 0 radical (unpaired) electrons. The van der Waals surface area contributed by atoms with Crippen molar-refractivity contribution in [3.8, 4) is 0 Å². The summed E-state index contributed by atoms with van der Waals surface area (Å²) < 4.78 is 0. The van der Waals surface area contributed by atoms with E-state index >= 15 is 0 Å². The summed E-state index contributed by atoms with van der Waals surface area (Å²) in [7, 11) is 0. The number of hydrogen-bond donors (Lipinski definition) is 3. The lowest BCUT2D eigenvalue weighted by Gasteiger charge is -2.43. The number of benzene rings is 1. The zero-order valence-corrected chi connectivity index (χ0v) is 14.8. The van der Waals surface area contributed by atoms with E-state index in [1.54, 1.807) is 12.1 Å². The lowest BCUT2D eigenvalue weighted by molar-refractivity contribution is -0.122. The minimum atomic E-state index is -0.105. The minimum absolute atomic E-state index is 0. The number of fused-ring (bicyclic) bond motifs is 2. The van der Waals surface area contributed by atoms with Crippen molar-refractivity contribution in [3.05, 3.63) is 24.3 Å². The van der Waals surface area contributed by atoms with Gasteiger partial charge in [0.1, 0.15) is 0 Å². The monoisotopic (exact) mass is 351 g/mol. The summed E-state index contributed by atoms with van der Waals surface area (Å²) in [6.45, 7) is 1.47. The molecule has 2 bridgehead atoms. The molecule has 0 aromatic heterocycles. The molecule has 2 saturated carbocycles. The second-order valence-electron chi connectivity index (χ2n) is 6.94. The molecule has 24 heavy (non-hydrogen) atoms. The van der Waals surface area contributed by atoms with Crippen molar-refractivity contribution < 1.29 is 9.59 Å². The van der Waals surface area contributed by atoms with Crippen molar-refractivity contribution in [2.75, 3.05) is 10.6 Å². The second kappa shape index (κ2) is 7.99. The molecule has 2 aliphatic rings. The first-order valence-electron chi connectivity index (χ1n) is 8.47. The molecule has 4 N–H and O–H groups in total. The molecule has 2 atom stereocenters. The van der Waals surface area contributed by atoms with Crippen molar-refractivity contribution in [1.29, 1.82) is 0 Å². The fraction of sp³-hybridized carbons (Fsp3) is 0.556. The minimum Gasteiger partial charge on any atom is -0.327 e. The van der Waals surface area contributed by atoms with Crippen LogP contribution in [0.2, 0.25) is 0 Å². The van der Waals surface area contributed by atoms with Crippen LogP contribution in [0.3, 0.4) is 0 Å². The van der Waals surface area contributed by atoms with E-state index in [9.17, 15) is 9.59 Å². The van der Waals surface area contributed by atoms with Crippen molar-refractivity contribution in [3.63, 3.8) is 0 Å². The predicted octanol–water partition coefficient (Wildman–Crippen LogP) is 3.16. The van der Waals surface area contributed by atoms with Crippen LogP contribution in [0.1, 0.15) is 39.0 Å². The zero-order valence-electron chi connectivity index (χ0n) is 14.0. The summed E-state index contributed by atoms with van der Waals surface area (Å²) >= 11 is 0. The molecule has 3 rings (SSSR count). The number of carbonyl (C=O) groups is 2. The number of carbonyl (C=O) groups excluding carboxylic acids is 2. The standard InChI is InChI=1S/C18H25N3O2.ClH/c1-11(22)20-15-5-7-16(8-6-15)21-18(23)14-9-12-3-2-4-13(10-14)17(12)19;/h5-8,12-14,17H,2-4,9-10,19H2,1H3,(H,20,22)(H,21,23);1H. The van der Waals surface area contributed by atoms with Gasteiger partial charge < -0.3 is 16.4 Å². The van der Waals surface area contributed by atoms with E-state index in [0.29, 0.717) is 11.8 Å². The number of nitrogens with two attached hydrogens (primary N) is 1. The van der Waals surface area contributed by atoms with Crippen LogP contribution < -0.4 is 16.4 Å². The maximum atomic E-state index is 12.5. The average molecular weight is 352 g/mol. The maximum absolute atomic E-state index is 12.5. The molecule has 2 fully saturated rings. The number of nitrogens with one attached hydrogen (secondary N) is 2. The molecule has 2 unspecified atom stereocenters. The normalized spacial score (nSPS) is 28.4. The van der Waals surface area contributed by atoms with Gasteiger partial charge in [-0.15, -0.1) is 12.4 Å². The molecule has 2 aliphatic carbocycles. The van der Waals surface area contributed by atoms with Crippen molar-refractivity contribution >= 4 is 35.6 Å². The first kappa shape index (κ1) is 18.7. The van der Waals surface area contributed by atoms with E-state index in [-0.39, 0.29) is 36.2 Å². The third kappa shape index (κ3) is 4.28. The molecule has 0 saturated heterocycles. The van der Waals surface area contributed by atoms with Crippen molar-refractivity contribution in [2.24, 2.45) is 23.5 Å². The van der Waals surface area contributed by atoms with Gasteiger partial charge in [0.25, 0.3) is 0 Å². The van der Waals surface area contributed by atoms with E-state index in [1.165, 1.54) is 13.3 Å². The number of rotatable bonds is 3. The summed E-state index contributed by atoms with van der Waals surface area (Å²) in [6, 6.07) is 7.51. The third-order valence-electron chi connectivity index (χ3n) is 5.26. The highest BCUT2D eigenvalue weighted by molar-refractivity contribution is 5.93. The Morgan fingerprint density at radius 1 is 1.00 bits per heavy atom. The Balaban J connectivity index is 0.00000208. The summed E-state index contributed by atoms with van der Waals surface area (Å²) in [4.78, 5) is 23.6. The SMILES string of the molecule is CC(=O)Nc1ccc(NC(=O)C2CC3CCCC(C2)C3N)cc1.Cl. The summed E-state index contributed by atoms with van der Waals surface area (Å²) in [5.74, 6) is 1.06. The van der Waals surface area contributed by atoms with Crippen LogP contribution in [-0.2, 0) is 9.59 Å². The lowest BCUT2D eigenvalue weighted by atomic mass is 9.65. The van der Waals surface area contributed by atoms with Crippen molar-refractivity contribution in [1.82, 2.24) is 0 Å². The van der Waals surface area contributed by atoms with Crippen LogP contribution >= 0.6 is 12.4 Å². The van der Waals surface area contributed by atoms with Gasteiger partial charge in [-0.3, -0.25) is 9.59 Å². The van der Waals surface area contributed by atoms with Crippen LogP contribution in [0.5, 0.6) is 0 Å². The number of anilines is 2. The van der Waals surface area contributed by atoms with Gasteiger partial charge in [-0.05, 0) is 61.8 Å². The highest BCUT2D eigenvalue weighted by Crippen LogP contribution is 2.42. The Hall–Kier alpha value is -1.59. The van der Waals surface area contributed by atoms with Gasteiger partial charge in [0.15, 0.2) is 0 Å². The lowest BCUT2D eigenvalue weighted by Crippen LogP contribution is -2.48. The number of hydrogen-bond acceptors (Lipinski definition) is 3. The van der Waals surface area contributed by atoms with E-state index in [1.807, 2.05) is 12.1 Å². The Labute approximate surface area is 149 Å².